The number of carboxylic acid groups (broad SMARTS) is 1. The summed E-state index contributed by atoms with van der Waals surface area (Å²) in [4.78, 5) is 111. The Kier molecular flexibility index (Phi) is 18.7. The summed E-state index contributed by atoms with van der Waals surface area (Å²) in [7, 11) is 0. The number of rotatable bonds is 21. The van der Waals surface area contributed by atoms with Crippen LogP contribution in [0.25, 0.3) is 0 Å². The number of carbonyl (C=O) groups is 8. The van der Waals surface area contributed by atoms with Crippen molar-refractivity contribution in [2.24, 2.45) is 11.5 Å². The van der Waals surface area contributed by atoms with Gasteiger partial charge in [0.2, 0.25) is 41.4 Å². The predicted molar refractivity (Wildman–Crippen MR) is 221 cm³/mol. The minimum Gasteiger partial charge on any atom is -0.508 e. The summed E-state index contributed by atoms with van der Waals surface area (Å²) in [6.07, 6.45) is -3.28. The van der Waals surface area contributed by atoms with Crippen molar-refractivity contribution in [1.82, 2.24) is 36.0 Å². The van der Waals surface area contributed by atoms with Crippen molar-refractivity contribution in [3.63, 3.8) is 0 Å². The van der Waals surface area contributed by atoms with Crippen molar-refractivity contribution in [1.29, 1.82) is 0 Å². The molecule has 0 bridgehead atoms. The van der Waals surface area contributed by atoms with Gasteiger partial charge in [0.25, 0.3) is 0 Å². The van der Waals surface area contributed by atoms with Crippen LogP contribution in [0.2, 0.25) is 0 Å². The lowest BCUT2D eigenvalue weighted by atomic mass is 10.0. The highest BCUT2D eigenvalue weighted by molar-refractivity contribution is 5.98. The number of phenols is 1. The van der Waals surface area contributed by atoms with Crippen LogP contribution in [-0.2, 0) is 44.8 Å². The van der Waals surface area contributed by atoms with Gasteiger partial charge in [-0.3, -0.25) is 33.6 Å². The molecule has 1 aromatic carbocycles. The molecule has 24 heteroatoms. The van der Waals surface area contributed by atoms with Crippen molar-refractivity contribution in [2.45, 2.75) is 125 Å². The maximum absolute atomic E-state index is 14.5. The third kappa shape index (κ3) is 13.0. The second-order valence-electron chi connectivity index (χ2n) is 16.4. The number of aromatic hydroxyl groups is 1. The Bertz CT molecular complexity index is 1840. The van der Waals surface area contributed by atoms with Crippen molar-refractivity contribution in [3.8, 4) is 5.75 Å². The number of amides is 7. The second-order valence-corrected chi connectivity index (χ2v) is 16.4. The minimum atomic E-state index is -1.74. The standard InChI is InChI=1S/C40H61N9O15/c1-20(52)32(40(63)64)46-36(59)30-14-23(54)16-48(30)39(62)31-15-24(55)17-49(31)38(61)27(13-21-7-9-22(53)10-8-21)44-34(57)28(19-51)45-35(58)29-6-4-12-47(29)37(60)26(5-2-3-11-41)43-33(56)25(42)18-50/h7-10,20,23-32,50-55H,2-6,11-19,41-42H2,1H3,(H,43,56)(H,44,57)(H,45,58)(H,46,59)(H,63,64)/t20-,23-,24-,25+,26+,27+,28+,29+,30+,31+,32+/m1/s1. The van der Waals surface area contributed by atoms with E-state index in [1.807, 2.05) is 0 Å². The smallest absolute Gasteiger partial charge is 0.328 e. The van der Waals surface area contributed by atoms with E-state index in [1.54, 1.807) is 0 Å². The van der Waals surface area contributed by atoms with E-state index in [4.69, 9.17) is 11.5 Å². The van der Waals surface area contributed by atoms with Gasteiger partial charge < -0.3 is 83.2 Å². The molecule has 0 saturated carbocycles. The lowest BCUT2D eigenvalue weighted by Gasteiger charge is -2.33. The molecule has 0 aromatic heterocycles. The van der Waals surface area contributed by atoms with Gasteiger partial charge >= 0.3 is 5.97 Å². The molecule has 64 heavy (non-hydrogen) atoms. The van der Waals surface area contributed by atoms with E-state index in [0.717, 1.165) is 16.7 Å². The second kappa shape index (κ2) is 23.4. The van der Waals surface area contributed by atoms with E-state index in [9.17, 15) is 74.1 Å². The average molecular weight is 908 g/mol. The molecule has 0 unspecified atom stereocenters. The van der Waals surface area contributed by atoms with Crippen LogP contribution in [0, 0.1) is 0 Å². The molecule has 3 heterocycles. The maximum atomic E-state index is 14.5. The quantitative estimate of drug-likeness (QED) is 0.0510. The summed E-state index contributed by atoms with van der Waals surface area (Å²) >= 11 is 0. The Hall–Kier alpha value is -5.50. The Morgan fingerprint density at radius 2 is 1.34 bits per heavy atom. The van der Waals surface area contributed by atoms with Crippen LogP contribution in [0.15, 0.2) is 24.3 Å². The topological polar surface area (TPSA) is 388 Å². The summed E-state index contributed by atoms with van der Waals surface area (Å²) in [6.45, 7) is -0.900. The molecule has 24 nitrogen and oxygen atoms in total. The first-order valence-corrected chi connectivity index (χ1v) is 21.2. The fourth-order valence-electron chi connectivity index (χ4n) is 8.04. The van der Waals surface area contributed by atoms with Crippen LogP contribution in [0.5, 0.6) is 5.75 Å². The number of unbranched alkanes of at least 4 members (excludes halogenated alkanes) is 1. The zero-order chi connectivity index (χ0) is 47.4. The van der Waals surface area contributed by atoms with Gasteiger partial charge in [-0.15, -0.1) is 0 Å². The SMILES string of the molecule is C[C@@H](O)[C@H](NC(=O)[C@@H]1C[C@@H](O)CN1C(=O)[C@@H]1C[C@@H](O)CN1C(=O)[C@H](Cc1ccc(O)cc1)NC(=O)[C@H](CO)NC(=O)[C@@H]1CCCN1C(=O)[C@H](CCCCN)NC(=O)[C@@H](N)CO)C(=O)O. The fourth-order valence-corrected chi connectivity index (χ4v) is 8.04. The molecule has 3 aliphatic rings. The van der Waals surface area contributed by atoms with E-state index in [-0.39, 0.29) is 44.4 Å². The number of β-amino-alcohol motifs (C(OH)–C–C–N with tert-alkyl or cyclic N) is 2. The maximum Gasteiger partial charge on any atom is 0.328 e. The molecule has 3 saturated heterocycles. The van der Waals surface area contributed by atoms with E-state index < -0.39 is 140 Å². The number of aliphatic hydroxyl groups excluding tert-OH is 5. The minimum absolute atomic E-state index is 0.111. The average Bonchev–Trinajstić information content (AvgIpc) is 4.02. The molecule has 15 N–H and O–H groups in total. The molecule has 1 aromatic rings. The highest BCUT2D eigenvalue weighted by Crippen LogP contribution is 2.27. The van der Waals surface area contributed by atoms with Crippen molar-refractivity contribution >= 4 is 47.3 Å². The normalized spacial score (nSPS) is 23.6. The third-order valence-electron chi connectivity index (χ3n) is 11.5. The van der Waals surface area contributed by atoms with Crippen LogP contribution in [-0.4, -0.2) is 204 Å². The summed E-state index contributed by atoms with van der Waals surface area (Å²) in [6, 6.07) is -5.86. The third-order valence-corrected chi connectivity index (χ3v) is 11.5. The summed E-state index contributed by atoms with van der Waals surface area (Å²) in [5.74, 6) is -7.73. The molecular weight excluding hydrogens is 846 g/mol. The van der Waals surface area contributed by atoms with Gasteiger partial charge in [-0.2, -0.15) is 0 Å². The Labute approximate surface area is 368 Å². The number of nitrogens with one attached hydrogen (secondary N) is 4. The van der Waals surface area contributed by atoms with Crippen molar-refractivity contribution < 1.29 is 74.1 Å². The van der Waals surface area contributed by atoms with Gasteiger partial charge in [-0.1, -0.05) is 12.1 Å². The number of aliphatic hydroxyl groups is 5. The number of hydrogen-bond donors (Lipinski definition) is 13. The number of nitrogens with two attached hydrogens (primary N) is 2. The van der Waals surface area contributed by atoms with Gasteiger partial charge in [0.05, 0.1) is 31.5 Å². The highest BCUT2D eigenvalue weighted by Gasteiger charge is 2.48. The first-order chi connectivity index (χ1) is 30.3. The van der Waals surface area contributed by atoms with Crippen LogP contribution < -0.4 is 32.7 Å². The van der Waals surface area contributed by atoms with Gasteiger partial charge in [0.15, 0.2) is 6.04 Å². The van der Waals surface area contributed by atoms with E-state index in [0.29, 0.717) is 31.4 Å². The Morgan fingerprint density at radius 3 is 1.94 bits per heavy atom. The molecule has 0 spiro atoms. The van der Waals surface area contributed by atoms with Gasteiger partial charge in [-0.25, -0.2) is 4.79 Å². The van der Waals surface area contributed by atoms with Crippen molar-refractivity contribution in [3.05, 3.63) is 29.8 Å². The number of benzene rings is 1. The molecule has 356 valence electrons. The molecule has 0 radical (unpaired) electrons. The fraction of sp³-hybridized carbons (Fsp3) is 0.650. The van der Waals surface area contributed by atoms with Crippen molar-refractivity contribution in [2.75, 3.05) is 39.4 Å². The van der Waals surface area contributed by atoms with Crippen LogP contribution in [0.1, 0.15) is 57.4 Å². The zero-order valence-electron chi connectivity index (χ0n) is 35.5. The number of nitrogens with zero attached hydrogens (tertiary/aromatic N) is 3. The molecule has 3 fully saturated rings. The lowest BCUT2D eigenvalue weighted by Crippen LogP contribution is -2.60. The van der Waals surface area contributed by atoms with Crippen LogP contribution in [0.4, 0.5) is 0 Å². The first kappa shape index (κ1) is 51.1. The molecule has 3 aliphatic heterocycles. The molecular formula is C40H61N9O15. The zero-order valence-corrected chi connectivity index (χ0v) is 35.5. The van der Waals surface area contributed by atoms with E-state index in [2.05, 4.69) is 21.3 Å². The van der Waals surface area contributed by atoms with E-state index >= 15 is 0 Å². The lowest BCUT2D eigenvalue weighted by molar-refractivity contribution is -0.149. The first-order valence-electron chi connectivity index (χ1n) is 21.2. The van der Waals surface area contributed by atoms with Crippen LogP contribution >= 0.6 is 0 Å². The Balaban J connectivity index is 1.54. The number of carboxylic acids is 1. The predicted octanol–water partition coefficient (Wildman–Crippen LogP) is -6.31. The number of phenolic OH excluding ortho intramolecular Hbond substituents is 1. The number of hydrogen-bond acceptors (Lipinski definition) is 16. The largest absolute Gasteiger partial charge is 0.508 e. The van der Waals surface area contributed by atoms with Gasteiger partial charge in [0, 0.05) is 38.9 Å². The summed E-state index contributed by atoms with van der Waals surface area (Å²) in [5.41, 5.74) is 11.7. The molecule has 4 rings (SSSR count). The van der Waals surface area contributed by atoms with Crippen LogP contribution in [0.3, 0.4) is 0 Å². The number of likely N-dealkylation sites (tertiary alicyclic amines) is 3. The highest BCUT2D eigenvalue weighted by atomic mass is 16.4. The Morgan fingerprint density at radius 1 is 0.750 bits per heavy atom. The van der Waals surface area contributed by atoms with Gasteiger partial charge in [0.1, 0.15) is 48.0 Å². The number of aliphatic carboxylic acids is 1. The monoisotopic (exact) mass is 907 g/mol. The number of carbonyl (C=O) groups excluding carboxylic acids is 7. The summed E-state index contributed by atoms with van der Waals surface area (Å²) in [5, 5.41) is 79.8. The molecule has 0 aliphatic carbocycles. The molecule has 7 amide bonds. The molecule has 11 atom stereocenters. The van der Waals surface area contributed by atoms with Gasteiger partial charge in [-0.05, 0) is 63.3 Å². The summed E-state index contributed by atoms with van der Waals surface area (Å²) < 4.78 is 0. The van der Waals surface area contributed by atoms with E-state index in [1.165, 1.54) is 29.2 Å².